The number of aromatic nitrogens is 3. The van der Waals surface area contributed by atoms with E-state index in [1.807, 2.05) is 23.6 Å². The van der Waals surface area contributed by atoms with Crippen molar-refractivity contribution in [1.82, 2.24) is 14.5 Å². The van der Waals surface area contributed by atoms with Crippen LogP contribution < -0.4 is 24.0 Å². The zero-order valence-electron chi connectivity index (χ0n) is 14.7. The molecule has 2 atom stereocenters. The number of imidazole rings is 1. The summed E-state index contributed by atoms with van der Waals surface area (Å²) in [6.07, 6.45) is 3.17. The molecule has 0 saturated carbocycles. The van der Waals surface area contributed by atoms with Gasteiger partial charge in [-0.05, 0) is 38.0 Å². The van der Waals surface area contributed by atoms with Crippen molar-refractivity contribution >= 4 is 39.5 Å². The Kier molecular flexibility index (Phi) is 5.59. The van der Waals surface area contributed by atoms with Crippen molar-refractivity contribution in [2.75, 3.05) is 6.61 Å². The molecule has 2 aromatic heterocycles. The molecule has 8 heteroatoms. The molecule has 6 nitrogen and oxygen atoms in total. The Morgan fingerprint density at radius 3 is 2.96 bits per heavy atom. The van der Waals surface area contributed by atoms with Crippen LogP contribution in [0.1, 0.15) is 31.6 Å². The minimum Gasteiger partial charge on any atom is -0.550 e. The van der Waals surface area contributed by atoms with Gasteiger partial charge in [0, 0.05) is 35.4 Å². The van der Waals surface area contributed by atoms with Crippen LogP contribution in [0.5, 0.6) is 0 Å². The molecule has 3 heterocycles. The first kappa shape index (κ1) is 19.2. The van der Waals surface area contributed by atoms with Crippen LogP contribution in [0.15, 0.2) is 24.4 Å². The van der Waals surface area contributed by atoms with E-state index in [2.05, 4.69) is 9.97 Å². The number of carbonyl (C=O) groups excluding carboxylic acids is 1. The molecular formula is C18H17ClLiN3O3. The number of nitrogens with zero attached hydrogens (tertiary/aromatic N) is 3. The maximum absolute atomic E-state index is 11.2. The van der Waals surface area contributed by atoms with Crippen molar-refractivity contribution in [2.24, 2.45) is 0 Å². The number of halogens is 1. The standard InChI is InChI=1S/C18H18ClN3O3.Li/c1-10-6-12(4-5-25-10)22-16(8-17(23)24)21-15-9-20-14-3-2-11(19)7-13(14)18(15)22;/h2-3,7,9-10,12H,4-6,8H2,1H3,(H,23,24);/q;+1/p-1/t10-,12-;/m1./s1. The molecule has 0 unspecified atom stereocenters. The molecule has 130 valence electrons. The molecule has 0 amide bonds. The van der Waals surface area contributed by atoms with Gasteiger partial charge in [-0.25, -0.2) is 4.98 Å². The van der Waals surface area contributed by atoms with E-state index in [0.717, 1.165) is 29.3 Å². The van der Waals surface area contributed by atoms with Gasteiger partial charge in [0.25, 0.3) is 0 Å². The summed E-state index contributed by atoms with van der Waals surface area (Å²) in [6.45, 7) is 2.67. The maximum atomic E-state index is 11.2. The molecule has 1 aliphatic rings. The summed E-state index contributed by atoms with van der Waals surface area (Å²) < 4.78 is 7.68. The van der Waals surface area contributed by atoms with Crippen molar-refractivity contribution in [2.45, 2.75) is 38.3 Å². The molecular weight excluding hydrogens is 349 g/mol. The summed E-state index contributed by atoms with van der Waals surface area (Å²) in [4.78, 5) is 20.2. The van der Waals surface area contributed by atoms with Crippen LogP contribution in [0.3, 0.4) is 0 Å². The first-order valence-corrected chi connectivity index (χ1v) is 8.67. The summed E-state index contributed by atoms with van der Waals surface area (Å²) in [7, 11) is 0. The number of carboxylic acid groups (broad SMARTS) is 1. The third kappa shape index (κ3) is 3.47. The summed E-state index contributed by atoms with van der Waals surface area (Å²) >= 11 is 6.19. The van der Waals surface area contributed by atoms with Crippen molar-refractivity contribution in [3.8, 4) is 0 Å². The van der Waals surface area contributed by atoms with Crippen LogP contribution in [0.4, 0.5) is 0 Å². The van der Waals surface area contributed by atoms with E-state index in [4.69, 9.17) is 16.3 Å². The Hall–Kier alpha value is -1.58. The van der Waals surface area contributed by atoms with Crippen LogP contribution in [-0.2, 0) is 16.0 Å². The summed E-state index contributed by atoms with van der Waals surface area (Å²) in [5.74, 6) is -0.657. The average molecular weight is 366 g/mol. The minimum absolute atomic E-state index is 0. The van der Waals surface area contributed by atoms with Crippen molar-refractivity contribution in [3.05, 3.63) is 35.2 Å². The summed E-state index contributed by atoms with van der Waals surface area (Å²) in [5.41, 5.74) is 2.35. The second kappa shape index (κ2) is 7.57. The summed E-state index contributed by atoms with van der Waals surface area (Å²) in [6, 6.07) is 5.63. The van der Waals surface area contributed by atoms with Crippen molar-refractivity contribution < 1.29 is 33.5 Å². The molecule has 0 N–H and O–H groups in total. The second-order valence-corrected chi connectivity index (χ2v) is 6.90. The Labute approximate surface area is 167 Å². The molecule has 1 aliphatic heterocycles. The fourth-order valence-corrected chi connectivity index (χ4v) is 3.83. The molecule has 0 bridgehead atoms. The zero-order valence-corrected chi connectivity index (χ0v) is 15.5. The van der Waals surface area contributed by atoms with E-state index in [1.165, 1.54) is 0 Å². The average Bonchev–Trinajstić information content (AvgIpc) is 2.92. The minimum atomic E-state index is -1.15. The van der Waals surface area contributed by atoms with E-state index in [0.29, 0.717) is 23.0 Å². The number of ether oxygens (including phenoxy) is 1. The number of carbonyl (C=O) groups is 1. The van der Waals surface area contributed by atoms with Crippen LogP contribution in [-0.4, -0.2) is 33.2 Å². The molecule has 1 aromatic carbocycles. The van der Waals surface area contributed by atoms with Gasteiger partial charge in [0.15, 0.2) is 0 Å². The first-order chi connectivity index (χ1) is 12.0. The fourth-order valence-electron chi connectivity index (χ4n) is 3.65. The quantitative estimate of drug-likeness (QED) is 0.572. The Bertz CT molecular complexity index is 975. The van der Waals surface area contributed by atoms with E-state index < -0.39 is 5.97 Å². The SMILES string of the molecule is C[C@@H]1C[C@H](n2c(CC(=O)[O-])nc3cnc4ccc(Cl)cc4c32)CCO1.[Li+]. The van der Waals surface area contributed by atoms with Crippen molar-refractivity contribution in [1.29, 1.82) is 0 Å². The number of hydrogen-bond donors (Lipinski definition) is 0. The normalized spacial score (nSPS) is 20.2. The molecule has 0 spiro atoms. The van der Waals surface area contributed by atoms with E-state index in [1.54, 1.807) is 12.3 Å². The Morgan fingerprint density at radius 1 is 1.42 bits per heavy atom. The van der Waals surface area contributed by atoms with Crippen molar-refractivity contribution in [3.63, 3.8) is 0 Å². The molecule has 26 heavy (non-hydrogen) atoms. The van der Waals surface area contributed by atoms with Gasteiger partial charge in [-0.2, -0.15) is 0 Å². The third-order valence-corrected chi connectivity index (χ3v) is 4.91. The zero-order chi connectivity index (χ0) is 17.6. The smallest absolute Gasteiger partial charge is 0.550 e. The molecule has 3 aromatic rings. The molecule has 4 rings (SSSR count). The van der Waals surface area contributed by atoms with Gasteiger partial charge < -0.3 is 19.2 Å². The number of hydrogen-bond acceptors (Lipinski definition) is 5. The monoisotopic (exact) mass is 365 g/mol. The molecule has 0 radical (unpaired) electrons. The molecule has 0 aliphatic carbocycles. The largest absolute Gasteiger partial charge is 1.00 e. The Balaban J connectivity index is 0.00000196. The molecule has 1 saturated heterocycles. The fraction of sp³-hybridized carbons (Fsp3) is 0.389. The van der Waals surface area contributed by atoms with Gasteiger partial charge in [-0.3, -0.25) is 4.98 Å². The number of pyridine rings is 1. The third-order valence-electron chi connectivity index (χ3n) is 4.68. The second-order valence-electron chi connectivity index (χ2n) is 6.46. The van der Waals surface area contributed by atoms with Gasteiger partial charge in [-0.1, -0.05) is 11.6 Å². The summed E-state index contributed by atoms with van der Waals surface area (Å²) in [5, 5.41) is 12.7. The van der Waals surface area contributed by atoms with Gasteiger partial charge in [0.1, 0.15) is 11.3 Å². The number of benzene rings is 1. The number of aliphatic carboxylic acids is 1. The van der Waals surface area contributed by atoms with Gasteiger partial charge in [0.05, 0.1) is 23.3 Å². The van der Waals surface area contributed by atoms with Gasteiger partial charge in [0.2, 0.25) is 0 Å². The number of rotatable bonds is 3. The van der Waals surface area contributed by atoms with Crippen LogP contribution in [0.25, 0.3) is 21.9 Å². The predicted molar refractivity (Wildman–Crippen MR) is 92.4 cm³/mol. The van der Waals surface area contributed by atoms with E-state index in [-0.39, 0.29) is 37.4 Å². The van der Waals surface area contributed by atoms with E-state index in [9.17, 15) is 9.90 Å². The van der Waals surface area contributed by atoms with Gasteiger partial charge >= 0.3 is 18.9 Å². The maximum Gasteiger partial charge on any atom is 1.00 e. The first-order valence-electron chi connectivity index (χ1n) is 8.29. The predicted octanol–water partition coefficient (Wildman–Crippen LogP) is -0.726. The van der Waals surface area contributed by atoms with Crippen LogP contribution in [0, 0.1) is 0 Å². The molecule has 1 fully saturated rings. The topological polar surface area (TPSA) is 80.1 Å². The number of fused-ring (bicyclic) bond motifs is 3. The van der Waals surface area contributed by atoms with E-state index >= 15 is 0 Å². The number of carboxylic acids is 1. The van der Waals surface area contributed by atoms with Gasteiger partial charge in [-0.15, -0.1) is 0 Å². The van der Waals surface area contributed by atoms with Crippen LogP contribution >= 0.6 is 11.6 Å². The Morgan fingerprint density at radius 2 is 2.23 bits per heavy atom. The van der Waals surface area contributed by atoms with Crippen LogP contribution in [0.2, 0.25) is 5.02 Å².